The van der Waals surface area contributed by atoms with E-state index in [-0.39, 0.29) is 24.8 Å². The van der Waals surface area contributed by atoms with Crippen LogP contribution in [0.4, 0.5) is 5.82 Å². The first kappa shape index (κ1) is 22.9. The quantitative estimate of drug-likeness (QED) is 0.509. The summed E-state index contributed by atoms with van der Waals surface area (Å²) in [5.74, 6) is -0.965. The fourth-order valence-corrected chi connectivity index (χ4v) is 3.55. The van der Waals surface area contributed by atoms with E-state index in [9.17, 15) is 14.7 Å². The lowest BCUT2D eigenvalue weighted by Gasteiger charge is -2.27. The Bertz CT molecular complexity index is 963. The van der Waals surface area contributed by atoms with Gasteiger partial charge in [0.2, 0.25) is 0 Å². The number of fused-ring (bicyclic) bond motifs is 1. The highest BCUT2D eigenvalue weighted by Gasteiger charge is 2.56. The number of hydrogen-bond donors (Lipinski definition) is 3. The number of hydrogen-bond acceptors (Lipinski definition) is 10. The van der Waals surface area contributed by atoms with Gasteiger partial charge in [0.25, 0.3) is 0 Å². The maximum atomic E-state index is 12.2. The molecule has 3 rings (SSSR count). The van der Waals surface area contributed by atoms with E-state index < -0.39 is 41.9 Å². The summed E-state index contributed by atoms with van der Waals surface area (Å²) in [6.45, 7) is 6.65. The van der Waals surface area contributed by atoms with Crippen LogP contribution >= 0.6 is 0 Å². The van der Waals surface area contributed by atoms with Crippen molar-refractivity contribution < 1.29 is 28.9 Å². The van der Waals surface area contributed by atoms with Crippen molar-refractivity contribution in [2.75, 3.05) is 12.3 Å². The molecule has 1 aliphatic heterocycles. The Labute approximate surface area is 179 Å². The van der Waals surface area contributed by atoms with Crippen LogP contribution in [-0.4, -0.2) is 62.6 Å². The van der Waals surface area contributed by atoms with Gasteiger partial charge < -0.3 is 30.8 Å². The molecular weight excluding hydrogens is 406 g/mol. The molecule has 1 fully saturated rings. The molecule has 5 atom stereocenters. The monoisotopic (exact) mass is 435 g/mol. The SMILES string of the molecule is CCC(=O)O[C@H]1[C@@H](O)[C@](C)(c2ccc3c(N)ncnn23)O[C@@H]1COC(=O)[C@@H](N)C(C)C. The van der Waals surface area contributed by atoms with Gasteiger partial charge in [-0.2, -0.15) is 5.10 Å². The molecule has 2 aromatic rings. The molecular formula is C20H29N5O6. The minimum absolute atomic E-state index is 0.112. The van der Waals surface area contributed by atoms with Gasteiger partial charge in [0.05, 0.1) is 5.69 Å². The van der Waals surface area contributed by atoms with Gasteiger partial charge in [0, 0.05) is 6.42 Å². The topological polar surface area (TPSA) is 164 Å². The van der Waals surface area contributed by atoms with Gasteiger partial charge in [-0.05, 0) is 25.0 Å². The molecule has 11 nitrogen and oxygen atoms in total. The summed E-state index contributed by atoms with van der Waals surface area (Å²) in [5.41, 5.74) is 11.4. The number of carbonyl (C=O) groups excluding carboxylic acids is 2. The van der Waals surface area contributed by atoms with Crippen LogP contribution in [0, 0.1) is 5.92 Å². The van der Waals surface area contributed by atoms with E-state index in [4.69, 9.17) is 25.7 Å². The minimum atomic E-state index is -1.33. The van der Waals surface area contributed by atoms with Gasteiger partial charge in [0.1, 0.15) is 42.3 Å². The minimum Gasteiger partial charge on any atom is -0.462 e. The molecule has 0 aromatic carbocycles. The van der Waals surface area contributed by atoms with Gasteiger partial charge in [-0.25, -0.2) is 9.50 Å². The van der Waals surface area contributed by atoms with Crippen molar-refractivity contribution >= 4 is 23.3 Å². The highest BCUT2D eigenvalue weighted by Crippen LogP contribution is 2.41. The second kappa shape index (κ2) is 8.77. The van der Waals surface area contributed by atoms with Crippen LogP contribution in [0.3, 0.4) is 0 Å². The first-order valence-electron chi connectivity index (χ1n) is 10.2. The van der Waals surface area contributed by atoms with E-state index >= 15 is 0 Å². The molecule has 0 radical (unpaired) electrons. The summed E-state index contributed by atoms with van der Waals surface area (Å²) >= 11 is 0. The summed E-state index contributed by atoms with van der Waals surface area (Å²) in [7, 11) is 0. The zero-order valence-electron chi connectivity index (χ0n) is 18.0. The first-order chi connectivity index (χ1) is 14.6. The van der Waals surface area contributed by atoms with Crippen molar-refractivity contribution in [3.63, 3.8) is 0 Å². The zero-order chi connectivity index (χ0) is 22.9. The Hall–Kier alpha value is -2.76. The summed E-state index contributed by atoms with van der Waals surface area (Å²) in [6, 6.07) is 2.60. The van der Waals surface area contributed by atoms with Gasteiger partial charge >= 0.3 is 11.9 Å². The third kappa shape index (κ3) is 4.21. The average molecular weight is 435 g/mol. The lowest BCUT2D eigenvalue weighted by atomic mass is 9.93. The Morgan fingerprint density at radius 1 is 1.39 bits per heavy atom. The smallest absolute Gasteiger partial charge is 0.323 e. The molecule has 2 aromatic heterocycles. The number of aliphatic hydroxyl groups excluding tert-OH is 1. The fraction of sp³-hybridized carbons (Fsp3) is 0.600. The van der Waals surface area contributed by atoms with E-state index in [1.165, 1.54) is 10.8 Å². The van der Waals surface area contributed by atoms with E-state index in [2.05, 4.69) is 10.1 Å². The standard InChI is InChI=1S/C20H29N5O6/c1-5-14(26)30-16-12(8-29-19(28)15(21)10(2)3)31-20(4,17(16)27)13-7-6-11-18(22)23-9-24-25(11)13/h6-7,9-10,12,15-17,27H,5,8,21H2,1-4H3,(H2,22,23,24)/t12-,15+,16-,17-,20+/m1/s1. The van der Waals surface area contributed by atoms with Crippen LogP contribution in [0.25, 0.3) is 5.52 Å². The molecule has 0 amide bonds. The number of anilines is 1. The maximum absolute atomic E-state index is 12.2. The van der Waals surface area contributed by atoms with Gasteiger partial charge in [-0.15, -0.1) is 0 Å². The molecule has 3 heterocycles. The van der Waals surface area contributed by atoms with E-state index in [0.717, 1.165) is 0 Å². The molecule has 1 aliphatic rings. The van der Waals surface area contributed by atoms with E-state index in [0.29, 0.717) is 11.2 Å². The van der Waals surface area contributed by atoms with Crippen molar-refractivity contribution in [1.82, 2.24) is 14.6 Å². The summed E-state index contributed by atoms with van der Waals surface area (Å²) in [4.78, 5) is 28.1. The maximum Gasteiger partial charge on any atom is 0.323 e. The van der Waals surface area contributed by atoms with E-state index in [1.807, 2.05) is 0 Å². The molecule has 0 spiro atoms. The number of aliphatic hydroxyl groups is 1. The lowest BCUT2D eigenvalue weighted by Crippen LogP contribution is -2.43. The third-order valence-electron chi connectivity index (χ3n) is 5.57. The van der Waals surface area contributed by atoms with Crippen LogP contribution < -0.4 is 11.5 Å². The number of nitrogens with zero attached hydrogens (tertiary/aromatic N) is 3. The highest BCUT2D eigenvalue weighted by molar-refractivity contribution is 5.75. The van der Waals surface area contributed by atoms with Gasteiger partial charge in [-0.3, -0.25) is 9.59 Å². The van der Waals surface area contributed by atoms with Crippen LogP contribution in [0.15, 0.2) is 18.5 Å². The molecule has 5 N–H and O–H groups in total. The predicted molar refractivity (Wildman–Crippen MR) is 110 cm³/mol. The van der Waals surface area contributed by atoms with Crippen molar-refractivity contribution in [3.05, 3.63) is 24.2 Å². The second-order valence-electron chi connectivity index (χ2n) is 8.08. The normalized spacial score (nSPS) is 26.9. The number of nitrogen functional groups attached to an aromatic ring is 1. The summed E-state index contributed by atoms with van der Waals surface area (Å²) in [5, 5.41) is 15.3. The molecule has 170 valence electrons. The highest BCUT2D eigenvalue weighted by atomic mass is 16.6. The zero-order valence-corrected chi connectivity index (χ0v) is 18.0. The Balaban J connectivity index is 1.90. The van der Waals surface area contributed by atoms with Crippen LogP contribution in [0.1, 0.15) is 39.8 Å². The van der Waals surface area contributed by atoms with Crippen molar-refractivity contribution in [2.45, 2.75) is 64.1 Å². The Kier molecular flexibility index (Phi) is 6.48. The largest absolute Gasteiger partial charge is 0.462 e. The van der Waals surface area contributed by atoms with Crippen molar-refractivity contribution in [1.29, 1.82) is 0 Å². The molecule has 0 aliphatic carbocycles. The molecule has 31 heavy (non-hydrogen) atoms. The number of aromatic nitrogens is 3. The fourth-order valence-electron chi connectivity index (χ4n) is 3.55. The van der Waals surface area contributed by atoms with Crippen LogP contribution in [-0.2, 0) is 29.4 Å². The van der Waals surface area contributed by atoms with Gasteiger partial charge in [-0.1, -0.05) is 20.8 Å². The molecule has 0 saturated carbocycles. The van der Waals surface area contributed by atoms with Crippen molar-refractivity contribution in [3.8, 4) is 0 Å². The second-order valence-corrected chi connectivity index (χ2v) is 8.08. The number of ether oxygens (including phenoxy) is 3. The summed E-state index contributed by atoms with van der Waals surface area (Å²) in [6.07, 6.45) is -1.84. The van der Waals surface area contributed by atoms with Gasteiger partial charge in [0.15, 0.2) is 11.9 Å². The average Bonchev–Trinajstić information content (AvgIpc) is 3.28. The molecule has 11 heteroatoms. The lowest BCUT2D eigenvalue weighted by molar-refractivity contribution is -0.161. The number of carbonyl (C=O) groups is 2. The van der Waals surface area contributed by atoms with Crippen LogP contribution in [0.5, 0.6) is 0 Å². The summed E-state index contributed by atoms with van der Waals surface area (Å²) < 4.78 is 18.4. The molecule has 1 saturated heterocycles. The molecule has 0 bridgehead atoms. The predicted octanol–water partition coefficient (Wildman–Crippen LogP) is 0.135. The Morgan fingerprint density at radius 3 is 2.74 bits per heavy atom. The van der Waals surface area contributed by atoms with Crippen LogP contribution in [0.2, 0.25) is 0 Å². The number of esters is 2. The Morgan fingerprint density at radius 2 is 2.10 bits per heavy atom. The van der Waals surface area contributed by atoms with Crippen molar-refractivity contribution in [2.24, 2.45) is 11.7 Å². The first-order valence-corrected chi connectivity index (χ1v) is 10.2. The molecule has 0 unspecified atom stereocenters. The van der Waals surface area contributed by atoms with E-state index in [1.54, 1.807) is 39.8 Å². The third-order valence-corrected chi connectivity index (χ3v) is 5.57. The number of nitrogens with two attached hydrogens (primary N) is 2. The number of rotatable bonds is 7.